The monoisotopic (exact) mass is 337 g/mol. The lowest BCUT2D eigenvalue weighted by atomic mass is 9.67. The van der Waals surface area contributed by atoms with Gasteiger partial charge in [0.2, 0.25) is 0 Å². The molecular formula is C18H19N5S. The van der Waals surface area contributed by atoms with Gasteiger partial charge in [0.1, 0.15) is 5.82 Å². The molecule has 5 nitrogen and oxygen atoms in total. The molecule has 1 aromatic rings. The molecule has 1 spiro atoms. The van der Waals surface area contributed by atoms with E-state index in [1.165, 1.54) is 5.56 Å². The number of nitrogens with one attached hydrogen (secondary N) is 1. The van der Waals surface area contributed by atoms with Crippen LogP contribution in [0, 0.1) is 28.1 Å². The van der Waals surface area contributed by atoms with Crippen LogP contribution in [0.4, 0.5) is 0 Å². The van der Waals surface area contributed by atoms with Crippen molar-refractivity contribution in [2.45, 2.75) is 19.4 Å². The summed E-state index contributed by atoms with van der Waals surface area (Å²) in [6.45, 7) is 2.48. The van der Waals surface area contributed by atoms with Gasteiger partial charge < -0.3 is 11.1 Å². The summed E-state index contributed by atoms with van der Waals surface area (Å²) in [6, 6.07) is 14.8. The predicted octanol–water partition coefficient (Wildman–Crippen LogP) is 2.23. The van der Waals surface area contributed by atoms with Crippen molar-refractivity contribution in [3.8, 4) is 12.1 Å². The van der Waals surface area contributed by atoms with Gasteiger partial charge in [0.05, 0.1) is 28.3 Å². The second kappa shape index (κ2) is 6.60. The molecule has 0 amide bonds. The molecule has 0 unspecified atom stereocenters. The highest BCUT2D eigenvalue weighted by Crippen LogP contribution is 2.48. The van der Waals surface area contributed by atoms with E-state index in [4.69, 9.17) is 5.73 Å². The Hall–Kier alpha value is -2.41. The zero-order valence-electron chi connectivity index (χ0n) is 13.3. The third-order valence-electron chi connectivity index (χ3n) is 4.90. The largest absolute Gasteiger partial charge is 0.384 e. The normalized spacial score (nSPS) is 20.5. The molecule has 1 saturated heterocycles. The number of nitriles is 2. The van der Waals surface area contributed by atoms with E-state index in [0.29, 0.717) is 34.8 Å². The van der Waals surface area contributed by atoms with Crippen LogP contribution in [0.1, 0.15) is 18.4 Å². The maximum atomic E-state index is 9.60. The van der Waals surface area contributed by atoms with E-state index < -0.39 is 5.41 Å². The average molecular weight is 337 g/mol. The second-order valence-corrected chi connectivity index (χ2v) is 6.65. The summed E-state index contributed by atoms with van der Waals surface area (Å²) in [5, 5.41) is 22.5. The molecule has 0 saturated carbocycles. The SMILES string of the molecule is N#CC1=C(N)NC(S)=C(C#N)C12CCN(Cc1ccccc1)CC2. The second-order valence-electron chi connectivity index (χ2n) is 6.20. The van der Waals surface area contributed by atoms with Crippen LogP contribution in [-0.4, -0.2) is 18.0 Å². The minimum atomic E-state index is -0.608. The Morgan fingerprint density at radius 2 is 1.75 bits per heavy atom. The van der Waals surface area contributed by atoms with E-state index in [1.807, 2.05) is 18.2 Å². The van der Waals surface area contributed by atoms with Crippen molar-refractivity contribution in [2.24, 2.45) is 11.1 Å². The molecule has 0 aromatic heterocycles. The van der Waals surface area contributed by atoms with Gasteiger partial charge in [-0.3, -0.25) is 4.90 Å². The van der Waals surface area contributed by atoms with Gasteiger partial charge in [-0.15, -0.1) is 12.6 Å². The van der Waals surface area contributed by atoms with Crippen molar-refractivity contribution < 1.29 is 0 Å². The molecule has 2 heterocycles. The molecule has 122 valence electrons. The minimum absolute atomic E-state index is 0.318. The van der Waals surface area contributed by atoms with E-state index in [2.05, 4.69) is 47.1 Å². The fourth-order valence-electron chi connectivity index (χ4n) is 3.62. The van der Waals surface area contributed by atoms with Crippen molar-refractivity contribution in [3.05, 3.63) is 57.9 Å². The van der Waals surface area contributed by atoms with Crippen molar-refractivity contribution in [1.82, 2.24) is 10.2 Å². The minimum Gasteiger partial charge on any atom is -0.384 e. The topological polar surface area (TPSA) is 88.9 Å². The highest BCUT2D eigenvalue weighted by molar-refractivity contribution is 7.84. The summed E-state index contributed by atoms with van der Waals surface area (Å²) in [5.74, 6) is 0.318. The molecule has 0 bridgehead atoms. The number of hydrogen-bond acceptors (Lipinski definition) is 6. The molecule has 0 radical (unpaired) electrons. The molecular weight excluding hydrogens is 318 g/mol. The van der Waals surface area contributed by atoms with E-state index in [1.54, 1.807) is 0 Å². The van der Waals surface area contributed by atoms with Crippen LogP contribution < -0.4 is 11.1 Å². The first-order valence-corrected chi connectivity index (χ1v) is 8.33. The average Bonchev–Trinajstić information content (AvgIpc) is 2.58. The first-order chi connectivity index (χ1) is 11.6. The summed E-state index contributed by atoms with van der Waals surface area (Å²) >= 11 is 4.37. The molecule has 6 heteroatoms. The number of thiol groups is 1. The molecule has 3 N–H and O–H groups in total. The zero-order chi connectivity index (χ0) is 17.2. The van der Waals surface area contributed by atoms with Crippen molar-refractivity contribution in [1.29, 1.82) is 10.5 Å². The summed E-state index contributed by atoms with van der Waals surface area (Å²) in [6.07, 6.45) is 1.39. The van der Waals surface area contributed by atoms with Gasteiger partial charge in [0.25, 0.3) is 0 Å². The molecule has 1 fully saturated rings. The smallest absolute Gasteiger partial charge is 0.116 e. The first kappa shape index (κ1) is 16.4. The number of likely N-dealkylation sites (tertiary alicyclic amines) is 1. The highest BCUT2D eigenvalue weighted by Gasteiger charge is 2.46. The number of nitrogens with two attached hydrogens (primary N) is 1. The number of nitrogens with zero attached hydrogens (tertiary/aromatic N) is 3. The lowest BCUT2D eigenvalue weighted by Crippen LogP contribution is -2.45. The molecule has 0 aliphatic carbocycles. The van der Waals surface area contributed by atoms with Gasteiger partial charge >= 0.3 is 0 Å². The van der Waals surface area contributed by atoms with Gasteiger partial charge in [-0.1, -0.05) is 30.3 Å². The number of rotatable bonds is 2. The molecule has 24 heavy (non-hydrogen) atoms. The lowest BCUT2D eigenvalue weighted by molar-refractivity contribution is 0.151. The maximum Gasteiger partial charge on any atom is 0.116 e. The molecule has 2 aliphatic heterocycles. The number of allylic oxidation sites excluding steroid dienone is 2. The molecule has 2 aliphatic rings. The van der Waals surface area contributed by atoms with E-state index in [-0.39, 0.29) is 0 Å². The Balaban J connectivity index is 1.83. The Morgan fingerprint density at radius 3 is 2.33 bits per heavy atom. The molecule has 1 aromatic carbocycles. The van der Waals surface area contributed by atoms with Crippen molar-refractivity contribution >= 4 is 12.6 Å². The van der Waals surface area contributed by atoms with Crippen molar-refractivity contribution in [2.75, 3.05) is 13.1 Å². The van der Waals surface area contributed by atoms with Crippen LogP contribution in [0.5, 0.6) is 0 Å². The Kier molecular flexibility index (Phi) is 4.53. The number of benzene rings is 1. The van der Waals surface area contributed by atoms with Crippen LogP contribution in [0.2, 0.25) is 0 Å². The van der Waals surface area contributed by atoms with Gasteiger partial charge in [-0.2, -0.15) is 10.5 Å². The summed E-state index contributed by atoms with van der Waals surface area (Å²) in [5.41, 5.74) is 7.65. The maximum absolute atomic E-state index is 9.60. The fraction of sp³-hybridized carbons (Fsp3) is 0.333. The fourth-order valence-corrected chi connectivity index (χ4v) is 4.01. The number of dihydropyridines is 1. The van der Waals surface area contributed by atoms with E-state index >= 15 is 0 Å². The first-order valence-electron chi connectivity index (χ1n) is 7.88. The van der Waals surface area contributed by atoms with Gasteiger partial charge in [-0.05, 0) is 31.5 Å². The van der Waals surface area contributed by atoms with Crippen LogP contribution >= 0.6 is 12.6 Å². The Labute approximate surface area is 147 Å². The van der Waals surface area contributed by atoms with Gasteiger partial charge in [-0.25, -0.2) is 0 Å². The Morgan fingerprint density at radius 1 is 1.12 bits per heavy atom. The van der Waals surface area contributed by atoms with Crippen LogP contribution in [0.15, 0.2) is 52.3 Å². The summed E-state index contributed by atoms with van der Waals surface area (Å²) in [7, 11) is 0. The Bertz CT molecular complexity index is 736. The van der Waals surface area contributed by atoms with Crippen molar-refractivity contribution in [3.63, 3.8) is 0 Å². The number of piperidine rings is 1. The van der Waals surface area contributed by atoms with E-state index in [0.717, 1.165) is 19.6 Å². The molecule has 0 atom stereocenters. The van der Waals surface area contributed by atoms with Gasteiger partial charge in [0, 0.05) is 12.0 Å². The molecule has 3 rings (SSSR count). The quantitative estimate of drug-likeness (QED) is 0.720. The zero-order valence-corrected chi connectivity index (χ0v) is 14.2. The standard InChI is InChI=1S/C18H19N5S/c19-10-14-16(21)22-17(24)15(11-20)18(14)6-8-23(9-7-18)12-13-4-2-1-3-5-13/h1-5,22,24H,6-9,12,21H2. The third-order valence-corrected chi connectivity index (χ3v) is 5.23. The predicted molar refractivity (Wildman–Crippen MR) is 95.0 cm³/mol. The third kappa shape index (κ3) is 2.75. The van der Waals surface area contributed by atoms with Crippen LogP contribution in [0.25, 0.3) is 0 Å². The van der Waals surface area contributed by atoms with Gasteiger partial charge in [0.15, 0.2) is 0 Å². The van der Waals surface area contributed by atoms with Crippen LogP contribution in [0.3, 0.4) is 0 Å². The van der Waals surface area contributed by atoms with Crippen LogP contribution in [-0.2, 0) is 6.54 Å². The summed E-state index contributed by atoms with van der Waals surface area (Å²) < 4.78 is 0. The number of hydrogen-bond donors (Lipinski definition) is 3. The highest BCUT2D eigenvalue weighted by atomic mass is 32.1. The summed E-state index contributed by atoms with van der Waals surface area (Å²) in [4.78, 5) is 2.35. The van der Waals surface area contributed by atoms with E-state index in [9.17, 15) is 10.5 Å². The lowest BCUT2D eigenvalue weighted by Gasteiger charge is -2.43.